The van der Waals surface area contributed by atoms with Crippen LogP contribution in [0.15, 0.2) is 24.3 Å². The van der Waals surface area contributed by atoms with Gasteiger partial charge < -0.3 is 16.4 Å². The second-order valence-corrected chi connectivity index (χ2v) is 5.76. The summed E-state index contributed by atoms with van der Waals surface area (Å²) >= 11 is 0. The first kappa shape index (κ1) is 14.4. The number of amides is 2. The summed E-state index contributed by atoms with van der Waals surface area (Å²) in [6, 6.07) is 7.37. The quantitative estimate of drug-likeness (QED) is 0.715. The highest BCUT2D eigenvalue weighted by atomic mass is 16.2. The van der Waals surface area contributed by atoms with Crippen LogP contribution in [-0.4, -0.2) is 24.4 Å². The van der Waals surface area contributed by atoms with Crippen molar-refractivity contribution in [2.75, 3.05) is 12.3 Å². The number of nitrogens with one attached hydrogen (secondary N) is 2. The molecule has 20 heavy (non-hydrogen) atoms. The molecule has 1 aromatic carbocycles. The first-order valence-electron chi connectivity index (χ1n) is 6.83. The molecule has 108 valence electrons. The zero-order valence-electron chi connectivity index (χ0n) is 11.9. The number of carbonyl (C=O) groups excluding carboxylic acids is 2. The highest BCUT2D eigenvalue weighted by Crippen LogP contribution is 2.24. The van der Waals surface area contributed by atoms with Gasteiger partial charge in [0.05, 0.1) is 5.41 Å². The van der Waals surface area contributed by atoms with E-state index in [9.17, 15) is 9.59 Å². The third-order valence-electron chi connectivity index (χ3n) is 3.79. The van der Waals surface area contributed by atoms with Gasteiger partial charge in [-0.3, -0.25) is 9.59 Å². The van der Waals surface area contributed by atoms with Gasteiger partial charge in [-0.2, -0.15) is 0 Å². The average Bonchev–Trinajstić information content (AvgIpc) is 2.82. The van der Waals surface area contributed by atoms with E-state index in [1.807, 2.05) is 26.0 Å². The number of rotatable bonds is 4. The summed E-state index contributed by atoms with van der Waals surface area (Å²) in [4.78, 5) is 23.4. The van der Waals surface area contributed by atoms with Gasteiger partial charge in [0, 0.05) is 24.7 Å². The fourth-order valence-electron chi connectivity index (χ4n) is 2.30. The molecule has 1 aliphatic heterocycles. The van der Waals surface area contributed by atoms with E-state index < -0.39 is 5.41 Å². The van der Waals surface area contributed by atoms with Crippen LogP contribution in [0.25, 0.3) is 0 Å². The third kappa shape index (κ3) is 3.10. The molecule has 1 fully saturated rings. The second kappa shape index (κ2) is 5.53. The van der Waals surface area contributed by atoms with Gasteiger partial charge in [-0.15, -0.1) is 0 Å². The molecule has 0 radical (unpaired) electrons. The molecule has 1 saturated heterocycles. The number of nitrogens with two attached hydrogens (primary N) is 1. The molecule has 1 aliphatic rings. The molecule has 0 aliphatic carbocycles. The second-order valence-electron chi connectivity index (χ2n) is 5.76. The van der Waals surface area contributed by atoms with Crippen molar-refractivity contribution >= 4 is 17.5 Å². The summed E-state index contributed by atoms with van der Waals surface area (Å²) in [5.41, 5.74) is 6.63. The smallest absolute Gasteiger partial charge is 0.230 e. The Bertz CT molecular complexity index is 508. The Kier molecular flexibility index (Phi) is 3.97. The van der Waals surface area contributed by atoms with Gasteiger partial charge in [0.2, 0.25) is 11.8 Å². The molecule has 5 nitrogen and oxygen atoms in total. The minimum atomic E-state index is -0.629. The van der Waals surface area contributed by atoms with Crippen molar-refractivity contribution in [1.29, 1.82) is 0 Å². The van der Waals surface area contributed by atoms with Crippen LogP contribution in [0.1, 0.15) is 32.3 Å². The minimum Gasteiger partial charge on any atom is -0.399 e. The lowest BCUT2D eigenvalue weighted by Crippen LogP contribution is -2.45. The van der Waals surface area contributed by atoms with Crippen LogP contribution in [0.2, 0.25) is 0 Å². The topological polar surface area (TPSA) is 84.2 Å². The van der Waals surface area contributed by atoms with E-state index in [0.29, 0.717) is 18.7 Å². The van der Waals surface area contributed by atoms with E-state index in [1.165, 1.54) is 0 Å². The lowest BCUT2D eigenvalue weighted by Gasteiger charge is -2.25. The minimum absolute atomic E-state index is 0.0497. The molecular weight excluding hydrogens is 254 g/mol. The Balaban J connectivity index is 1.96. The zero-order chi connectivity index (χ0) is 14.8. The van der Waals surface area contributed by atoms with Crippen LogP contribution in [0.4, 0.5) is 5.69 Å². The van der Waals surface area contributed by atoms with Crippen LogP contribution in [0.5, 0.6) is 0 Å². The van der Waals surface area contributed by atoms with E-state index >= 15 is 0 Å². The maximum Gasteiger partial charge on any atom is 0.230 e. The Hall–Kier alpha value is -2.04. The predicted octanol–water partition coefficient (Wildman–Crippen LogP) is 0.941. The molecule has 2 rings (SSSR count). The van der Waals surface area contributed by atoms with Gasteiger partial charge >= 0.3 is 0 Å². The van der Waals surface area contributed by atoms with Gasteiger partial charge in [-0.25, -0.2) is 0 Å². The number of nitrogen functional groups attached to an aromatic ring is 1. The van der Waals surface area contributed by atoms with E-state index in [0.717, 1.165) is 12.0 Å². The molecule has 0 spiro atoms. The standard InChI is InChI=1S/C15H21N3O2/c1-15(2,10-3-5-11(16)6-4-10)14(20)17-9-12-7-8-13(19)18-12/h3-6,12H,7-9,16H2,1-2H3,(H,17,20)(H,18,19). The maximum atomic E-state index is 12.3. The molecule has 0 bridgehead atoms. The molecule has 1 unspecified atom stereocenters. The molecule has 1 aromatic rings. The lowest BCUT2D eigenvalue weighted by atomic mass is 9.83. The molecule has 0 saturated carbocycles. The molecular formula is C15H21N3O2. The number of hydrogen-bond donors (Lipinski definition) is 3. The Morgan fingerprint density at radius 1 is 1.40 bits per heavy atom. The van der Waals surface area contributed by atoms with Gasteiger partial charge in [0.1, 0.15) is 0 Å². The summed E-state index contributed by atoms with van der Waals surface area (Å²) in [5.74, 6) is 0.00506. The number of benzene rings is 1. The molecule has 5 heteroatoms. The Morgan fingerprint density at radius 2 is 2.05 bits per heavy atom. The van der Waals surface area contributed by atoms with E-state index in [4.69, 9.17) is 5.73 Å². The lowest BCUT2D eigenvalue weighted by molar-refractivity contribution is -0.126. The van der Waals surface area contributed by atoms with Crippen molar-refractivity contribution in [2.24, 2.45) is 0 Å². The molecule has 1 atom stereocenters. The van der Waals surface area contributed by atoms with Crippen molar-refractivity contribution in [1.82, 2.24) is 10.6 Å². The monoisotopic (exact) mass is 275 g/mol. The molecule has 2 amide bonds. The highest BCUT2D eigenvalue weighted by molar-refractivity contribution is 5.87. The number of anilines is 1. The first-order chi connectivity index (χ1) is 9.39. The van der Waals surface area contributed by atoms with Crippen molar-refractivity contribution in [2.45, 2.75) is 38.1 Å². The van der Waals surface area contributed by atoms with Gasteiger partial charge in [-0.1, -0.05) is 12.1 Å². The van der Waals surface area contributed by atoms with Crippen LogP contribution < -0.4 is 16.4 Å². The van der Waals surface area contributed by atoms with Crippen LogP contribution in [-0.2, 0) is 15.0 Å². The molecule has 0 aromatic heterocycles. The normalized spacial score (nSPS) is 18.7. The van der Waals surface area contributed by atoms with Crippen LogP contribution in [0.3, 0.4) is 0 Å². The highest BCUT2D eigenvalue weighted by Gasteiger charge is 2.30. The summed E-state index contributed by atoms with van der Waals surface area (Å²) in [5, 5.41) is 5.75. The van der Waals surface area contributed by atoms with Gasteiger partial charge in [-0.05, 0) is 38.0 Å². The average molecular weight is 275 g/mol. The zero-order valence-corrected chi connectivity index (χ0v) is 11.9. The molecule has 4 N–H and O–H groups in total. The van der Waals surface area contributed by atoms with E-state index in [-0.39, 0.29) is 17.9 Å². The summed E-state index contributed by atoms with van der Waals surface area (Å²) < 4.78 is 0. The number of hydrogen-bond acceptors (Lipinski definition) is 3. The van der Waals surface area contributed by atoms with Crippen molar-refractivity contribution < 1.29 is 9.59 Å². The van der Waals surface area contributed by atoms with Crippen molar-refractivity contribution in [3.8, 4) is 0 Å². The summed E-state index contributed by atoms with van der Waals surface area (Å²) in [6.45, 7) is 4.23. The largest absolute Gasteiger partial charge is 0.399 e. The van der Waals surface area contributed by atoms with Crippen molar-refractivity contribution in [3.05, 3.63) is 29.8 Å². The SMILES string of the molecule is CC(C)(C(=O)NCC1CCC(=O)N1)c1ccc(N)cc1. The van der Waals surface area contributed by atoms with Gasteiger partial charge in [0.15, 0.2) is 0 Å². The predicted molar refractivity (Wildman–Crippen MR) is 78.1 cm³/mol. The van der Waals surface area contributed by atoms with Crippen LogP contribution >= 0.6 is 0 Å². The van der Waals surface area contributed by atoms with Crippen molar-refractivity contribution in [3.63, 3.8) is 0 Å². The van der Waals surface area contributed by atoms with Crippen LogP contribution in [0, 0.1) is 0 Å². The Morgan fingerprint density at radius 3 is 2.60 bits per heavy atom. The fourth-order valence-corrected chi connectivity index (χ4v) is 2.30. The summed E-state index contributed by atoms with van der Waals surface area (Å²) in [7, 11) is 0. The fraction of sp³-hybridized carbons (Fsp3) is 0.467. The number of carbonyl (C=O) groups is 2. The first-order valence-corrected chi connectivity index (χ1v) is 6.83. The summed E-state index contributed by atoms with van der Waals surface area (Å²) in [6.07, 6.45) is 1.32. The van der Waals surface area contributed by atoms with Gasteiger partial charge in [0.25, 0.3) is 0 Å². The third-order valence-corrected chi connectivity index (χ3v) is 3.79. The maximum absolute atomic E-state index is 12.3. The van der Waals surface area contributed by atoms with E-state index in [2.05, 4.69) is 10.6 Å². The molecule has 1 heterocycles. The Labute approximate surface area is 118 Å². The van der Waals surface area contributed by atoms with E-state index in [1.54, 1.807) is 12.1 Å².